The average Bonchev–Trinajstić information content (AvgIpc) is 3.46. The molecule has 0 saturated heterocycles. The summed E-state index contributed by atoms with van der Waals surface area (Å²) in [7, 11) is 0. The number of unbranched alkanes of at least 4 members (excludes halogenated alkanes) is 35. The third kappa shape index (κ3) is 65.1. The van der Waals surface area contributed by atoms with Gasteiger partial charge in [0.05, 0.1) is 0 Å². The van der Waals surface area contributed by atoms with E-state index in [1.165, 1.54) is 161 Å². The van der Waals surface area contributed by atoms with Gasteiger partial charge in [0.2, 0.25) is 0 Å². The van der Waals surface area contributed by atoms with Crippen LogP contribution in [0.2, 0.25) is 0 Å². The minimum Gasteiger partial charge on any atom is -0.462 e. The van der Waals surface area contributed by atoms with Gasteiger partial charge in [-0.3, -0.25) is 14.4 Å². The molecule has 0 bridgehead atoms. The molecule has 0 aromatic heterocycles. The molecule has 0 aromatic rings. The molecule has 6 heteroatoms. The summed E-state index contributed by atoms with van der Waals surface area (Å²) in [4.78, 5) is 38.3. The summed E-state index contributed by atoms with van der Waals surface area (Å²) >= 11 is 0. The van der Waals surface area contributed by atoms with Gasteiger partial charge in [0.25, 0.3) is 0 Å². The number of esters is 3. The number of hydrogen-bond donors (Lipinski definition) is 0. The molecule has 0 rings (SSSR count). The average molecular weight is 1110 g/mol. The maximum Gasteiger partial charge on any atom is 0.306 e. The number of hydrogen-bond acceptors (Lipinski definition) is 6. The largest absolute Gasteiger partial charge is 0.462 e. The van der Waals surface area contributed by atoms with Crippen molar-refractivity contribution in [3.8, 4) is 0 Å². The molecule has 0 aliphatic heterocycles. The maximum atomic E-state index is 12.9. The van der Waals surface area contributed by atoms with Crippen molar-refractivity contribution in [2.75, 3.05) is 13.2 Å². The Bertz CT molecular complexity index is 1560. The highest BCUT2D eigenvalue weighted by atomic mass is 16.6. The minimum atomic E-state index is -0.789. The third-order valence-electron chi connectivity index (χ3n) is 14.8. The van der Waals surface area contributed by atoms with Gasteiger partial charge >= 0.3 is 17.9 Å². The van der Waals surface area contributed by atoms with Crippen molar-refractivity contribution < 1.29 is 28.6 Å². The minimum absolute atomic E-state index is 0.0861. The lowest BCUT2D eigenvalue weighted by Gasteiger charge is -2.18. The van der Waals surface area contributed by atoms with Gasteiger partial charge in [0.1, 0.15) is 13.2 Å². The van der Waals surface area contributed by atoms with E-state index in [-0.39, 0.29) is 31.1 Å². The zero-order valence-electron chi connectivity index (χ0n) is 52.8. The summed E-state index contributed by atoms with van der Waals surface area (Å²) in [6.45, 7) is 6.48. The zero-order chi connectivity index (χ0) is 57.8. The second-order valence-corrected chi connectivity index (χ2v) is 22.7. The number of carbonyl (C=O) groups is 3. The van der Waals surface area contributed by atoms with Crippen LogP contribution < -0.4 is 0 Å². The van der Waals surface area contributed by atoms with Gasteiger partial charge in [0, 0.05) is 19.3 Å². The number of ether oxygens (including phenoxy) is 3. The molecule has 0 saturated carbocycles. The normalized spacial score (nSPS) is 12.7. The van der Waals surface area contributed by atoms with Crippen LogP contribution >= 0.6 is 0 Å². The molecule has 0 aliphatic carbocycles. The number of rotatable bonds is 62. The first-order chi connectivity index (χ1) is 39.5. The predicted octanol–water partition coefficient (Wildman–Crippen LogP) is 23.6. The van der Waals surface area contributed by atoms with Crippen molar-refractivity contribution in [3.05, 3.63) is 97.2 Å². The van der Waals surface area contributed by atoms with Crippen molar-refractivity contribution in [1.82, 2.24) is 0 Å². The van der Waals surface area contributed by atoms with Gasteiger partial charge in [-0.1, -0.05) is 317 Å². The molecule has 80 heavy (non-hydrogen) atoms. The molecule has 0 spiro atoms. The van der Waals surface area contributed by atoms with Crippen molar-refractivity contribution >= 4 is 17.9 Å². The predicted molar refractivity (Wildman–Crippen MR) is 348 cm³/mol. The van der Waals surface area contributed by atoms with E-state index in [0.717, 1.165) is 135 Å². The lowest BCUT2D eigenvalue weighted by molar-refractivity contribution is -0.167. The summed E-state index contributed by atoms with van der Waals surface area (Å²) in [5, 5.41) is 0. The lowest BCUT2D eigenvalue weighted by atomic mass is 10.0. The van der Waals surface area contributed by atoms with Crippen LogP contribution in [0.15, 0.2) is 97.2 Å². The summed E-state index contributed by atoms with van der Waals surface area (Å²) in [6.07, 6.45) is 91.6. The van der Waals surface area contributed by atoms with E-state index in [0.29, 0.717) is 19.3 Å². The Morgan fingerprint density at radius 2 is 0.512 bits per heavy atom. The molecule has 0 aliphatic rings. The Hall–Kier alpha value is -3.67. The lowest BCUT2D eigenvalue weighted by Crippen LogP contribution is -2.30. The van der Waals surface area contributed by atoms with Crippen molar-refractivity contribution in [2.45, 2.75) is 341 Å². The molecule has 0 radical (unpaired) electrons. The first-order valence-electron chi connectivity index (χ1n) is 34.2. The van der Waals surface area contributed by atoms with Crippen LogP contribution in [0.4, 0.5) is 0 Å². The van der Waals surface area contributed by atoms with Crippen LogP contribution in [0, 0.1) is 0 Å². The second kappa shape index (κ2) is 67.8. The molecule has 6 nitrogen and oxygen atoms in total. The first kappa shape index (κ1) is 76.3. The van der Waals surface area contributed by atoms with Crippen LogP contribution in [0.1, 0.15) is 335 Å². The fourth-order valence-electron chi connectivity index (χ4n) is 9.72. The standard InChI is InChI=1S/C74H128O6/c1-4-7-10-13-16-19-22-24-26-28-30-32-34-36-37-39-40-42-44-46-48-50-52-55-58-61-64-67-73(76)79-70-71(69-78-72(75)66-63-60-57-54-21-18-15-12-9-6-3)80-74(77)68-65-62-59-56-53-51-49-47-45-43-41-38-35-33-31-29-27-25-23-20-17-14-11-8-5-2/h7,10,12,15-16,19,24,26,30,32,36-37,40,42,46,48,71H,4-6,8-9,11,13-14,17-18,20-23,25,27-29,31,33-35,38-39,41,43-45,47,49-70H2,1-3H3/b10-7-,15-12-,19-16-,26-24-,32-30-,37-36-,42-40-,48-46-. The first-order valence-corrected chi connectivity index (χ1v) is 34.2. The molecular formula is C74H128O6. The molecule has 460 valence electrons. The van der Waals surface area contributed by atoms with E-state index >= 15 is 0 Å². The van der Waals surface area contributed by atoms with E-state index in [1.54, 1.807) is 0 Å². The SMILES string of the molecule is CC/C=C\C/C=C\C/C=C\C/C=C\C/C=C\C/C=C\C/C=C\CCCCCCCC(=O)OCC(COC(=O)CCCCCCC/C=C\CCC)OC(=O)CCCCCCCCCCCCCCCCCCCCCCCCCCC. The van der Waals surface area contributed by atoms with Gasteiger partial charge in [0.15, 0.2) is 6.10 Å². The monoisotopic (exact) mass is 1110 g/mol. The zero-order valence-corrected chi connectivity index (χ0v) is 52.8. The Labute approximate surface area is 496 Å². The highest BCUT2D eigenvalue weighted by Crippen LogP contribution is 2.17. The Kier molecular flexibility index (Phi) is 64.7. The van der Waals surface area contributed by atoms with Crippen molar-refractivity contribution in [1.29, 1.82) is 0 Å². The fraction of sp³-hybridized carbons (Fsp3) is 0.743. The van der Waals surface area contributed by atoms with Crippen LogP contribution in [0.25, 0.3) is 0 Å². The Morgan fingerprint density at radius 1 is 0.263 bits per heavy atom. The van der Waals surface area contributed by atoms with E-state index < -0.39 is 6.10 Å². The molecule has 1 unspecified atom stereocenters. The van der Waals surface area contributed by atoms with E-state index in [1.807, 2.05) is 0 Å². The van der Waals surface area contributed by atoms with Crippen LogP contribution in [0.3, 0.4) is 0 Å². The topological polar surface area (TPSA) is 78.9 Å². The van der Waals surface area contributed by atoms with Crippen LogP contribution in [-0.2, 0) is 28.6 Å². The van der Waals surface area contributed by atoms with E-state index in [4.69, 9.17) is 14.2 Å². The third-order valence-corrected chi connectivity index (χ3v) is 14.8. The van der Waals surface area contributed by atoms with E-state index in [2.05, 4.69) is 118 Å². The molecule has 0 heterocycles. The molecule has 0 N–H and O–H groups in total. The smallest absolute Gasteiger partial charge is 0.306 e. The van der Waals surface area contributed by atoms with Crippen molar-refractivity contribution in [2.24, 2.45) is 0 Å². The summed E-state index contributed by atoms with van der Waals surface area (Å²) in [5.74, 6) is -0.902. The Balaban J connectivity index is 4.25. The van der Waals surface area contributed by atoms with Crippen LogP contribution in [-0.4, -0.2) is 37.2 Å². The van der Waals surface area contributed by atoms with Gasteiger partial charge in [-0.2, -0.15) is 0 Å². The summed E-state index contributed by atoms with van der Waals surface area (Å²) < 4.78 is 16.9. The molecular weight excluding hydrogens is 985 g/mol. The van der Waals surface area contributed by atoms with E-state index in [9.17, 15) is 14.4 Å². The molecule has 1 atom stereocenters. The molecule has 0 fully saturated rings. The number of allylic oxidation sites excluding steroid dienone is 16. The summed E-state index contributed by atoms with van der Waals surface area (Å²) in [6, 6.07) is 0. The summed E-state index contributed by atoms with van der Waals surface area (Å²) in [5.41, 5.74) is 0. The highest BCUT2D eigenvalue weighted by Gasteiger charge is 2.19. The van der Waals surface area contributed by atoms with Gasteiger partial charge in [-0.15, -0.1) is 0 Å². The van der Waals surface area contributed by atoms with Gasteiger partial charge < -0.3 is 14.2 Å². The van der Waals surface area contributed by atoms with Gasteiger partial charge in [-0.05, 0) is 96.3 Å². The number of carbonyl (C=O) groups excluding carboxylic acids is 3. The fourth-order valence-corrected chi connectivity index (χ4v) is 9.72. The second-order valence-electron chi connectivity index (χ2n) is 22.7. The Morgan fingerprint density at radius 3 is 0.825 bits per heavy atom. The van der Waals surface area contributed by atoms with Crippen molar-refractivity contribution in [3.63, 3.8) is 0 Å². The quantitative estimate of drug-likeness (QED) is 0.0261. The molecule has 0 aromatic carbocycles. The van der Waals surface area contributed by atoms with Crippen LogP contribution in [0.5, 0.6) is 0 Å². The van der Waals surface area contributed by atoms with Gasteiger partial charge in [-0.25, -0.2) is 0 Å². The molecule has 0 amide bonds. The highest BCUT2D eigenvalue weighted by molar-refractivity contribution is 5.71. The maximum absolute atomic E-state index is 12.9.